The van der Waals surface area contributed by atoms with Gasteiger partial charge in [-0.05, 0) is 42.0 Å². The van der Waals surface area contributed by atoms with Crippen LogP contribution in [0.1, 0.15) is 51.2 Å². The van der Waals surface area contributed by atoms with Crippen molar-refractivity contribution in [1.82, 2.24) is 10.6 Å². The number of carboxylic acids is 1. The number of benzene rings is 2. The van der Waals surface area contributed by atoms with E-state index in [1.54, 1.807) is 20.8 Å². The van der Waals surface area contributed by atoms with Crippen molar-refractivity contribution in [1.29, 1.82) is 0 Å². The summed E-state index contributed by atoms with van der Waals surface area (Å²) >= 11 is 0. The number of ether oxygens (including phenoxy) is 1. The summed E-state index contributed by atoms with van der Waals surface area (Å²) < 4.78 is 5.51. The smallest absolute Gasteiger partial charge is 0.407 e. The van der Waals surface area contributed by atoms with Gasteiger partial charge in [-0.25, -0.2) is 9.59 Å². The molecule has 0 saturated heterocycles. The molecule has 0 fully saturated rings. The molecule has 2 aromatic carbocycles. The van der Waals surface area contributed by atoms with E-state index in [9.17, 15) is 19.5 Å². The van der Waals surface area contributed by atoms with Gasteiger partial charge in [-0.1, -0.05) is 68.8 Å². The zero-order valence-electron chi connectivity index (χ0n) is 19.6. The van der Waals surface area contributed by atoms with Gasteiger partial charge in [-0.2, -0.15) is 0 Å². The van der Waals surface area contributed by atoms with Gasteiger partial charge in [-0.3, -0.25) is 4.79 Å². The van der Waals surface area contributed by atoms with E-state index < -0.39 is 29.4 Å². The van der Waals surface area contributed by atoms with Gasteiger partial charge >= 0.3 is 12.1 Å². The van der Waals surface area contributed by atoms with Gasteiger partial charge in [0.15, 0.2) is 0 Å². The number of rotatable bonds is 9. The minimum Gasteiger partial charge on any atom is -0.480 e. The van der Waals surface area contributed by atoms with E-state index in [1.165, 1.54) is 0 Å². The van der Waals surface area contributed by atoms with Gasteiger partial charge in [0, 0.05) is 12.5 Å². The molecule has 2 amide bonds. The molecule has 3 N–H and O–H groups in total. The first-order valence-corrected chi connectivity index (χ1v) is 11.3. The highest BCUT2D eigenvalue weighted by atomic mass is 16.5. The number of nitrogens with one attached hydrogen (secondary N) is 2. The molecule has 0 bridgehead atoms. The predicted molar refractivity (Wildman–Crippen MR) is 126 cm³/mol. The lowest BCUT2D eigenvalue weighted by Crippen LogP contribution is -2.52. The van der Waals surface area contributed by atoms with E-state index in [1.807, 2.05) is 43.3 Å². The van der Waals surface area contributed by atoms with Crippen molar-refractivity contribution < 1.29 is 24.2 Å². The van der Waals surface area contributed by atoms with Crippen LogP contribution in [0.3, 0.4) is 0 Å². The van der Waals surface area contributed by atoms with E-state index in [0.717, 1.165) is 22.3 Å². The molecule has 1 aliphatic rings. The summed E-state index contributed by atoms with van der Waals surface area (Å²) in [4.78, 5) is 36.6. The van der Waals surface area contributed by atoms with Crippen LogP contribution in [-0.4, -0.2) is 42.3 Å². The van der Waals surface area contributed by atoms with Crippen molar-refractivity contribution in [2.24, 2.45) is 11.3 Å². The Morgan fingerprint density at radius 2 is 1.58 bits per heavy atom. The van der Waals surface area contributed by atoms with Crippen LogP contribution in [0.15, 0.2) is 48.5 Å². The second kappa shape index (κ2) is 10.1. The number of carbonyl (C=O) groups is 3. The minimum absolute atomic E-state index is 0.0162. The summed E-state index contributed by atoms with van der Waals surface area (Å²) in [6.07, 6.45) is 0.00446. The number of carboxylic acid groups (broad SMARTS) is 1. The van der Waals surface area contributed by atoms with Crippen molar-refractivity contribution >= 4 is 18.0 Å². The van der Waals surface area contributed by atoms with Crippen LogP contribution < -0.4 is 10.6 Å². The van der Waals surface area contributed by atoms with E-state index in [2.05, 4.69) is 22.8 Å². The number of alkyl carbamates (subject to hydrolysis) is 1. The highest BCUT2D eigenvalue weighted by molar-refractivity contribution is 5.87. The Bertz CT molecular complexity index is 987. The van der Waals surface area contributed by atoms with Crippen LogP contribution in [0, 0.1) is 11.3 Å². The molecule has 0 saturated carbocycles. The fraction of sp³-hybridized carbons (Fsp3) is 0.423. The molecule has 0 heterocycles. The zero-order valence-corrected chi connectivity index (χ0v) is 19.6. The second-order valence-electron chi connectivity index (χ2n) is 9.24. The van der Waals surface area contributed by atoms with E-state index in [-0.39, 0.29) is 25.0 Å². The number of amides is 2. The average Bonchev–Trinajstić information content (AvgIpc) is 3.12. The van der Waals surface area contributed by atoms with Gasteiger partial charge in [0.2, 0.25) is 5.91 Å². The molecular formula is C26H32N2O5. The van der Waals surface area contributed by atoms with Crippen molar-refractivity contribution in [3.63, 3.8) is 0 Å². The molecule has 0 spiro atoms. The summed E-state index contributed by atoms with van der Waals surface area (Å²) in [7, 11) is 0. The average molecular weight is 453 g/mol. The third-order valence-electron chi connectivity index (χ3n) is 6.40. The molecule has 0 unspecified atom stereocenters. The SMILES string of the molecule is CC[C@H](C)[C@H](NC(=O)C(C)(C)CNC(=O)OCC1c2ccccc2-c2ccccc21)C(=O)O. The highest BCUT2D eigenvalue weighted by Crippen LogP contribution is 2.44. The summed E-state index contributed by atoms with van der Waals surface area (Å²) in [5, 5.41) is 14.7. The number of fused-ring (bicyclic) bond motifs is 3. The maximum atomic E-state index is 12.7. The van der Waals surface area contributed by atoms with Crippen LogP contribution in [-0.2, 0) is 14.3 Å². The number of hydrogen-bond acceptors (Lipinski definition) is 4. The third-order valence-corrected chi connectivity index (χ3v) is 6.40. The first-order valence-electron chi connectivity index (χ1n) is 11.3. The standard InChI is InChI=1S/C26H32N2O5/c1-5-16(2)22(23(29)30)28-24(31)26(3,4)15-27-25(32)33-14-21-19-12-8-6-10-17(19)18-11-7-9-13-20(18)21/h6-13,16,21-22H,5,14-15H2,1-4H3,(H,27,32)(H,28,31)(H,29,30)/t16-,22-/m0/s1. The van der Waals surface area contributed by atoms with E-state index >= 15 is 0 Å². The first-order chi connectivity index (χ1) is 15.7. The Morgan fingerprint density at radius 1 is 1.03 bits per heavy atom. The first kappa shape index (κ1) is 24.3. The molecule has 7 heteroatoms. The molecule has 0 radical (unpaired) electrons. The normalized spacial score (nSPS) is 14.5. The molecule has 2 aromatic rings. The topological polar surface area (TPSA) is 105 Å². The quantitative estimate of drug-likeness (QED) is 0.530. The Kier molecular flexibility index (Phi) is 7.41. The van der Waals surface area contributed by atoms with Crippen LogP contribution in [0.25, 0.3) is 11.1 Å². The lowest BCUT2D eigenvalue weighted by molar-refractivity contribution is -0.145. The van der Waals surface area contributed by atoms with Gasteiger partial charge < -0.3 is 20.5 Å². The summed E-state index contributed by atoms with van der Waals surface area (Å²) in [6.45, 7) is 7.16. The van der Waals surface area contributed by atoms with Gasteiger partial charge in [0.25, 0.3) is 0 Å². The Morgan fingerprint density at radius 3 is 2.09 bits per heavy atom. The number of hydrogen-bond donors (Lipinski definition) is 3. The van der Waals surface area contributed by atoms with Crippen LogP contribution in [0.2, 0.25) is 0 Å². The molecule has 2 atom stereocenters. The van der Waals surface area contributed by atoms with Crippen LogP contribution in [0.5, 0.6) is 0 Å². The largest absolute Gasteiger partial charge is 0.480 e. The molecule has 33 heavy (non-hydrogen) atoms. The van der Waals surface area contributed by atoms with E-state index in [4.69, 9.17) is 4.74 Å². The summed E-state index contributed by atoms with van der Waals surface area (Å²) in [5.74, 6) is -1.77. The Labute approximate surface area is 194 Å². The zero-order chi connectivity index (χ0) is 24.2. The monoisotopic (exact) mass is 452 g/mol. The molecule has 1 aliphatic carbocycles. The Hall–Kier alpha value is -3.35. The molecule has 176 valence electrons. The van der Waals surface area contributed by atoms with E-state index in [0.29, 0.717) is 6.42 Å². The molecule has 7 nitrogen and oxygen atoms in total. The van der Waals surface area contributed by atoms with Crippen LogP contribution >= 0.6 is 0 Å². The summed E-state index contributed by atoms with van der Waals surface area (Å²) in [6, 6.07) is 15.2. The summed E-state index contributed by atoms with van der Waals surface area (Å²) in [5.41, 5.74) is 3.53. The predicted octanol–water partition coefficient (Wildman–Crippen LogP) is 4.17. The maximum Gasteiger partial charge on any atom is 0.407 e. The lowest BCUT2D eigenvalue weighted by atomic mass is 9.90. The van der Waals surface area contributed by atoms with Crippen molar-refractivity contribution in [2.45, 2.75) is 46.1 Å². The number of carbonyl (C=O) groups excluding carboxylic acids is 2. The van der Waals surface area contributed by atoms with Crippen molar-refractivity contribution in [2.75, 3.05) is 13.2 Å². The minimum atomic E-state index is -1.07. The molecule has 0 aromatic heterocycles. The highest BCUT2D eigenvalue weighted by Gasteiger charge is 2.34. The molecule has 3 rings (SSSR count). The fourth-order valence-electron chi connectivity index (χ4n) is 4.04. The third kappa shape index (κ3) is 5.35. The number of aliphatic carboxylic acids is 1. The molecular weight excluding hydrogens is 420 g/mol. The lowest BCUT2D eigenvalue weighted by Gasteiger charge is -2.28. The van der Waals surface area contributed by atoms with Crippen LogP contribution in [0.4, 0.5) is 4.79 Å². The Balaban J connectivity index is 1.57. The fourth-order valence-corrected chi connectivity index (χ4v) is 4.04. The van der Waals surface area contributed by atoms with Gasteiger partial charge in [0.05, 0.1) is 5.41 Å². The second-order valence-corrected chi connectivity index (χ2v) is 9.24. The van der Waals surface area contributed by atoms with Gasteiger partial charge in [0.1, 0.15) is 12.6 Å². The van der Waals surface area contributed by atoms with Crippen molar-refractivity contribution in [3.8, 4) is 11.1 Å². The maximum absolute atomic E-state index is 12.7. The molecule has 0 aliphatic heterocycles. The van der Waals surface area contributed by atoms with Crippen molar-refractivity contribution in [3.05, 3.63) is 59.7 Å². The van der Waals surface area contributed by atoms with Gasteiger partial charge in [-0.15, -0.1) is 0 Å².